The summed E-state index contributed by atoms with van der Waals surface area (Å²) in [5, 5.41) is -0.586. The van der Waals surface area contributed by atoms with E-state index >= 15 is 0 Å². The highest BCUT2D eigenvalue weighted by Crippen LogP contribution is 2.35. The molecule has 23 heavy (non-hydrogen) atoms. The summed E-state index contributed by atoms with van der Waals surface area (Å²) >= 11 is 0. The van der Waals surface area contributed by atoms with Crippen LogP contribution in [0.1, 0.15) is 33.6 Å². The lowest BCUT2D eigenvalue weighted by Crippen LogP contribution is -2.68. The van der Waals surface area contributed by atoms with E-state index in [4.69, 9.17) is 22.1 Å². The normalized spacial score (nSPS) is 17.9. The van der Waals surface area contributed by atoms with Crippen LogP contribution in [0.2, 0.25) is 32.7 Å². The highest BCUT2D eigenvalue weighted by molar-refractivity contribution is 6.76. The van der Waals surface area contributed by atoms with E-state index in [9.17, 15) is 0 Å². The molecule has 0 aromatic carbocycles. The Hall–Kier alpha value is 0.451. The quantitative estimate of drug-likeness (QED) is 0.506. The second kappa shape index (κ2) is 8.70. The Balaban J connectivity index is 5.58. The molecule has 0 aliphatic carbocycles. The minimum Gasteiger partial charge on any atom is -0.415 e. The molecule has 0 fully saturated rings. The van der Waals surface area contributed by atoms with Gasteiger partial charge < -0.3 is 22.1 Å². The molecule has 0 spiro atoms. The van der Waals surface area contributed by atoms with E-state index in [-0.39, 0.29) is 5.73 Å². The Bertz CT molecular complexity index is 347. The summed E-state index contributed by atoms with van der Waals surface area (Å²) < 4.78 is 30.3. The number of hydrogen-bond acceptors (Lipinski definition) is 5. The third-order valence-corrected chi connectivity index (χ3v) is 12.1. The number of hydrogen-bond donors (Lipinski definition) is 0. The molecule has 0 heterocycles. The summed E-state index contributed by atoms with van der Waals surface area (Å²) in [5.74, 6) is 0. The molecule has 0 rings (SSSR count). The summed E-state index contributed by atoms with van der Waals surface area (Å²) in [6, 6.07) is 0. The third-order valence-electron chi connectivity index (χ3n) is 4.26. The van der Waals surface area contributed by atoms with Crippen molar-refractivity contribution in [2.75, 3.05) is 21.3 Å². The molecule has 8 heteroatoms. The largest absolute Gasteiger partial charge is 0.532 e. The summed E-state index contributed by atoms with van der Waals surface area (Å²) in [7, 11) is -1.80. The van der Waals surface area contributed by atoms with E-state index in [0.29, 0.717) is 0 Å². The molecular weight excluding hydrogens is 344 g/mol. The van der Waals surface area contributed by atoms with Crippen LogP contribution in [-0.4, -0.2) is 57.7 Å². The fourth-order valence-corrected chi connectivity index (χ4v) is 12.2. The summed E-state index contributed by atoms with van der Waals surface area (Å²) in [6.07, 6.45) is 1.71. The topological polar surface area (TPSA) is 46.2 Å². The zero-order valence-electron chi connectivity index (χ0n) is 17.0. The van der Waals surface area contributed by atoms with Crippen LogP contribution in [0.15, 0.2) is 0 Å². The maximum absolute atomic E-state index is 6.73. The first-order chi connectivity index (χ1) is 10.4. The summed E-state index contributed by atoms with van der Waals surface area (Å²) in [6.45, 7) is 17.4. The molecule has 0 aliphatic rings. The minimum absolute atomic E-state index is 0.150. The first kappa shape index (κ1) is 23.5. The molecule has 0 radical (unpaired) electrons. The second-order valence-electron chi connectivity index (χ2n) is 7.59. The Morgan fingerprint density at radius 2 is 1.30 bits per heavy atom. The molecule has 0 saturated heterocycles. The molecule has 0 bridgehead atoms. The maximum atomic E-state index is 6.73. The Morgan fingerprint density at radius 3 is 1.57 bits per heavy atom. The average Bonchev–Trinajstić information content (AvgIpc) is 2.45. The van der Waals surface area contributed by atoms with Gasteiger partial charge in [-0.2, -0.15) is 0 Å². The van der Waals surface area contributed by atoms with E-state index < -0.39 is 30.7 Å². The Kier molecular flexibility index (Phi) is 8.87. The van der Waals surface area contributed by atoms with Crippen LogP contribution in [-0.2, 0) is 22.1 Å². The van der Waals surface area contributed by atoms with Gasteiger partial charge in [0.15, 0.2) is 8.32 Å². The number of rotatable bonds is 11. The van der Waals surface area contributed by atoms with Gasteiger partial charge in [0.25, 0.3) is 0 Å². The SMILES string of the molecule is CCC(O[Si](C)(C)C)[Si](C)(C)OC(C)(CC)[Si](OC)(OC)OC. The van der Waals surface area contributed by atoms with Gasteiger partial charge in [-0.1, -0.05) is 13.8 Å². The van der Waals surface area contributed by atoms with Crippen LogP contribution in [0.4, 0.5) is 0 Å². The molecule has 0 N–H and O–H groups in total. The lowest BCUT2D eigenvalue weighted by atomic mass is 10.3. The van der Waals surface area contributed by atoms with Gasteiger partial charge in [0.2, 0.25) is 8.32 Å². The van der Waals surface area contributed by atoms with Crippen molar-refractivity contribution in [3.63, 3.8) is 0 Å². The van der Waals surface area contributed by atoms with Crippen molar-refractivity contribution in [1.82, 2.24) is 0 Å². The van der Waals surface area contributed by atoms with Crippen LogP contribution >= 0.6 is 0 Å². The molecule has 2 unspecified atom stereocenters. The molecule has 140 valence electrons. The Morgan fingerprint density at radius 1 is 0.870 bits per heavy atom. The first-order valence-corrected chi connectivity index (χ1v) is 16.5. The van der Waals surface area contributed by atoms with Gasteiger partial charge >= 0.3 is 8.80 Å². The van der Waals surface area contributed by atoms with Gasteiger partial charge in [0.05, 0.1) is 5.73 Å². The lowest BCUT2D eigenvalue weighted by molar-refractivity contribution is 0.00765. The van der Waals surface area contributed by atoms with E-state index in [1.807, 2.05) is 6.92 Å². The van der Waals surface area contributed by atoms with Gasteiger partial charge in [0.1, 0.15) is 5.22 Å². The lowest BCUT2D eigenvalue weighted by Gasteiger charge is -2.47. The van der Waals surface area contributed by atoms with Gasteiger partial charge in [-0.25, -0.2) is 0 Å². The maximum Gasteiger partial charge on any atom is 0.532 e. The fourth-order valence-electron chi connectivity index (χ4n) is 3.04. The zero-order valence-corrected chi connectivity index (χ0v) is 20.0. The standard InChI is InChI=1S/C15H38O5Si3/c1-12-14(19-21(7,8)9)22(10,11)20-15(3,13-2)23(16-4,17-5)18-6/h14H,12-13H2,1-11H3. The molecular formula is C15H38O5Si3. The van der Waals surface area contributed by atoms with E-state index in [0.717, 1.165) is 12.8 Å². The van der Waals surface area contributed by atoms with E-state index in [2.05, 4.69) is 46.6 Å². The summed E-state index contributed by atoms with van der Waals surface area (Å²) in [5.41, 5.74) is 0.150. The first-order valence-electron chi connectivity index (χ1n) is 8.40. The molecule has 0 saturated carbocycles. The van der Waals surface area contributed by atoms with Gasteiger partial charge in [0, 0.05) is 21.3 Å². The van der Waals surface area contributed by atoms with Crippen LogP contribution in [0.3, 0.4) is 0 Å². The van der Waals surface area contributed by atoms with Gasteiger partial charge in [-0.05, 0) is 52.5 Å². The van der Waals surface area contributed by atoms with Crippen molar-refractivity contribution in [2.45, 2.75) is 77.3 Å². The van der Waals surface area contributed by atoms with Crippen LogP contribution in [0.25, 0.3) is 0 Å². The average molecular weight is 383 g/mol. The third kappa shape index (κ3) is 5.74. The van der Waals surface area contributed by atoms with Crippen LogP contribution in [0.5, 0.6) is 0 Å². The van der Waals surface area contributed by atoms with Crippen molar-refractivity contribution >= 4 is 25.4 Å². The molecule has 0 aliphatic heterocycles. The van der Waals surface area contributed by atoms with Crippen molar-refractivity contribution in [3.8, 4) is 0 Å². The highest BCUT2D eigenvalue weighted by atomic mass is 28.4. The van der Waals surface area contributed by atoms with Crippen molar-refractivity contribution < 1.29 is 22.1 Å². The van der Waals surface area contributed by atoms with Gasteiger partial charge in [-0.15, -0.1) is 0 Å². The second-order valence-corrected chi connectivity index (χ2v) is 19.5. The Labute approximate surface area is 146 Å². The highest BCUT2D eigenvalue weighted by Gasteiger charge is 2.59. The van der Waals surface area contributed by atoms with E-state index in [1.54, 1.807) is 21.3 Å². The van der Waals surface area contributed by atoms with Crippen molar-refractivity contribution in [3.05, 3.63) is 0 Å². The van der Waals surface area contributed by atoms with Crippen LogP contribution < -0.4 is 0 Å². The van der Waals surface area contributed by atoms with E-state index in [1.165, 1.54) is 0 Å². The molecule has 0 aromatic rings. The molecule has 2 atom stereocenters. The summed E-state index contributed by atoms with van der Waals surface area (Å²) in [4.78, 5) is 0. The minimum atomic E-state index is -2.93. The van der Waals surface area contributed by atoms with Gasteiger partial charge in [-0.3, -0.25) is 0 Å². The predicted octanol–water partition coefficient (Wildman–Crippen LogP) is 3.96. The molecule has 5 nitrogen and oxygen atoms in total. The predicted molar refractivity (Wildman–Crippen MR) is 103 cm³/mol. The van der Waals surface area contributed by atoms with Crippen molar-refractivity contribution in [1.29, 1.82) is 0 Å². The van der Waals surface area contributed by atoms with Crippen molar-refractivity contribution in [2.24, 2.45) is 0 Å². The zero-order chi connectivity index (χ0) is 18.5. The molecule has 0 aromatic heterocycles. The fraction of sp³-hybridized carbons (Fsp3) is 1.00. The monoisotopic (exact) mass is 382 g/mol. The molecule has 0 amide bonds. The smallest absolute Gasteiger partial charge is 0.415 e. The van der Waals surface area contributed by atoms with Crippen LogP contribution in [0, 0.1) is 0 Å².